The first-order valence-electron chi connectivity index (χ1n) is 8.87. The maximum Gasteiger partial charge on any atom is 0.238 e. The summed E-state index contributed by atoms with van der Waals surface area (Å²) in [5.41, 5.74) is 0.504. The minimum Gasteiger partial charge on any atom is -0.352 e. The van der Waals surface area contributed by atoms with Crippen LogP contribution in [0.5, 0.6) is 0 Å². The van der Waals surface area contributed by atoms with E-state index in [1.54, 1.807) is 16.7 Å². The van der Waals surface area contributed by atoms with Crippen molar-refractivity contribution in [1.82, 2.24) is 10.3 Å². The summed E-state index contributed by atoms with van der Waals surface area (Å²) < 4.78 is 25.3. The van der Waals surface area contributed by atoms with Gasteiger partial charge in [0.05, 0.1) is 16.3 Å². The van der Waals surface area contributed by atoms with Gasteiger partial charge in [-0.05, 0) is 37.1 Å². The number of nitrogens with one attached hydrogen (secondary N) is 1. The predicted octanol–water partition coefficient (Wildman–Crippen LogP) is 3.87. The molecule has 1 aliphatic carbocycles. The average molecular weight is 413 g/mol. The number of carbonyl (C=O) groups is 1. The molecule has 0 spiro atoms. The highest BCUT2D eigenvalue weighted by Gasteiger charge is 2.32. The second kappa shape index (κ2) is 8.19. The first-order valence-corrected chi connectivity index (χ1v) is 12.3. The lowest BCUT2D eigenvalue weighted by Gasteiger charge is -2.30. The minimum atomic E-state index is -3.60. The monoisotopic (exact) mass is 412 g/mol. The van der Waals surface area contributed by atoms with Crippen molar-refractivity contribution in [3.8, 4) is 9.88 Å². The number of nitrogens with zero attached hydrogens (tertiary/aromatic N) is 1. The molecule has 0 aromatic carbocycles. The molecule has 0 radical (unpaired) electrons. The van der Waals surface area contributed by atoms with E-state index in [9.17, 15) is 13.2 Å². The van der Waals surface area contributed by atoms with Gasteiger partial charge in [-0.25, -0.2) is 13.4 Å². The number of amides is 1. The molecule has 2 heterocycles. The Kier molecular flexibility index (Phi) is 6.14. The Hall–Kier alpha value is -1.25. The summed E-state index contributed by atoms with van der Waals surface area (Å²) in [7, 11) is -3.60. The molecule has 1 saturated carbocycles. The largest absolute Gasteiger partial charge is 0.352 e. The van der Waals surface area contributed by atoms with Crippen molar-refractivity contribution in [2.75, 3.05) is 0 Å². The van der Waals surface area contributed by atoms with Crippen molar-refractivity contribution >= 4 is 38.4 Å². The van der Waals surface area contributed by atoms with Crippen molar-refractivity contribution in [2.45, 2.75) is 56.6 Å². The lowest BCUT2D eigenvalue weighted by molar-refractivity contribution is -0.121. The van der Waals surface area contributed by atoms with Crippen LogP contribution in [0, 0.1) is 5.92 Å². The lowest BCUT2D eigenvalue weighted by atomic mass is 9.86. The number of carbonyl (C=O) groups excluding carboxylic acids is 1. The van der Waals surface area contributed by atoms with E-state index in [0.717, 1.165) is 29.1 Å². The molecule has 1 amide bonds. The fraction of sp³-hybridized carbons (Fsp3) is 0.556. The highest BCUT2D eigenvalue weighted by molar-refractivity contribution is 7.92. The molecule has 26 heavy (non-hydrogen) atoms. The van der Waals surface area contributed by atoms with Gasteiger partial charge in [0, 0.05) is 11.4 Å². The molecule has 3 atom stereocenters. The molecule has 5 nitrogen and oxygen atoms in total. The summed E-state index contributed by atoms with van der Waals surface area (Å²) in [4.78, 5) is 17.9. The molecule has 3 rings (SSSR count). The third kappa shape index (κ3) is 4.53. The fourth-order valence-electron chi connectivity index (χ4n) is 3.21. The number of thiazole rings is 1. The Morgan fingerprint density at radius 1 is 1.35 bits per heavy atom. The SMILES string of the molecule is C[C@@H]1CCCC[C@@H]1NC(=O)[C@@H](C)S(=O)(=O)Cc1csc(-c2cccs2)n1. The maximum absolute atomic E-state index is 12.7. The molecule has 1 aliphatic rings. The van der Waals surface area contributed by atoms with Gasteiger partial charge in [-0.15, -0.1) is 22.7 Å². The number of thiophene rings is 1. The molecule has 8 heteroatoms. The molecule has 1 fully saturated rings. The zero-order valence-corrected chi connectivity index (χ0v) is 17.4. The number of hydrogen-bond donors (Lipinski definition) is 1. The first-order chi connectivity index (χ1) is 12.4. The summed E-state index contributed by atoms with van der Waals surface area (Å²) >= 11 is 3.00. The van der Waals surface area contributed by atoms with Crippen molar-refractivity contribution in [3.05, 3.63) is 28.6 Å². The van der Waals surface area contributed by atoms with Crippen LogP contribution < -0.4 is 5.32 Å². The van der Waals surface area contributed by atoms with Gasteiger partial charge in [0.2, 0.25) is 5.91 Å². The summed E-state index contributed by atoms with van der Waals surface area (Å²) in [6.07, 6.45) is 4.27. The summed E-state index contributed by atoms with van der Waals surface area (Å²) in [6, 6.07) is 3.98. The van der Waals surface area contributed by atoms with Gasteiger partial charge in [0.15, 0.2) is 9.84 Å². The van der Waals surface area contributed by atoms with Crippen molar-refractivity contribution < 1.29 is 13.2 Å². The first kappa shape index (κ1) is 19.5. The normalized spacial score (nSPS) is 22.1. The van der Waals surface area contributed by atoms with E-state index in [4.69, 9.17) is 0 Å². The van der Waals surface area contributed by atoms with E-state index in [1.165, 1.54) is 24.7 Å². The van der Waals surface area contributed by atoms with Gasteiger partial charge in [0.25, 0.3) is 0 Å². The molecule has 0 unspecified atom stereocenters. The van der Waals surface area contributed by atoms with E-state index in [0.29, 0.717) is 11.6 Å². The van der Waals surface area contributed by atoms with Crippen LogP contribution >= 0.6 is 22.7 Å². The molecule has 2 aromatic rings. The molecule has 0 bridgehead atoms. The van der Waals surface area contributed by atoms with Gasteiger partial charge in [-0.2, -0.15) is 0 Å². The van der Waals surface area contributed by atoms with Crippen molar-refractivity contribution in [3.63, 3.8) is 0 Å². The van der Waals surface area contributed by atoms with E-state index >= 15 is 0 Å². The van der Waals surface area contributed by atoms with E-state index < -0.39 is 21.0 Å². The second-order valence-electron chi connectivity index (χ2n) is 6.95. The topological polar surface area (TPSA) is 76.1 Å². The Morgan fingerprint density at radius 3 is 2.81 bits per heavy atom. The average Bonchev–Trinajstić information content (AvgIpc) is 3.27. The van der Waals surface area contributed by atoms with Gasteiger partial charge in [-0.3, -0.25) is 4.79 Å². The van der Waals surface area contributed by atoms with Crippen LogP contribution in [0.15, 0.2) is 22.9 Å². The van der Waals surface area contributed by atoms with Gasteiger partial charge >= 0.3 is 0 Å². The fourth-order valence-corrected chi connectivity index (χ4v) is 6.16. The minimum absolute atomic E-state index is 0.0820. The van der Waals surface area contributed by atoms with Crippen LogP contribution in [0.2, 0.25) is 0 Å². The van der Waals surface area contributed by atoms with Crippen molar-refractivity contribution in [1.29, 1.82) is 0 Å². The molecule has 1 N–H and O–H groups in total. The summed E-state index contributed by atoms with van der Waals surface area (Å²) in [6.45, 7) is 3.59. The molecule has 0 saturated heterocycles. The van der Waals surface area contributed by atoms with Crippen LogP contribution in [0.4, 0.5) is 0 Å². The standard InChI is InChI=1S/C18H24N2O3S3/c1-12-6-3-4-7-15(12)20-17(21)13(2)26(22,23)11-14-10-25-18(19-14)16-8-5-9-24-16/h5,8-10,12-13,15H,3-4,6-7,11H2,1-2H3,(H,20,21)/t12-,13-,15+/m1/s1. The second-order valence-corrected chi connectivity index (χ2v) is 11.1. The molecular formula is C18H24N2O3S3. The third-order valence-corrected chi connectivity index (χ3v) is 8.90. The quantitative estimate of drug-likeness (QED) is 0.781. The number of rotatable bonds is 6. The number of aromatic nitrogens is 1. The molecule has 2 aromatic heterocycles. The van der Waals surface area contributed by atoms with E-state index in [1.807, 2.05) is 17.5 Å². The van der Waals surface area contributed by atoms with Crippen LogP contribution in [-0.4, -0.2) is 30.6 Å². The zero-order chi connectivity index (χ0) is 18.7. The number of sulfone groups is 1. The molecular weight excluding hydrogens is 388 g/mol. The Bertz CT molecular complexity index is 843. The third-order valence-electron chi connectivity index (χ3n) is 4.98. The lowest BCUT2D eigenvalue weighted by Crippen LogP contribution is -2.47. The number of hydrogen-bond acceptors (Lipinski definition) is 6. The highest BCUT2D eigenvalue weighted by Crippen LogP contribution is 2.29. The van der Waals surface area contributed by atoms with Crippen LogP contribution in [-0.2, 0) is 20.4 Å². The summed E-state index contributed by atoms with van der Waals surface area (Å²) in [5.74, 6) is -0.198. The van der Waals surface area contributed by atoms with Gasteiger partial charge in [-0.1, -0.05) is 25.8 Å². The Balaban J connectivity index is 1.64. The maximum atomic E-state index is 12.7. The van der Waals surface area contributed by atoms with Crippen LogP contribution in [0.3, 0.4) is 0 Å². The Morgan fingerprint density at radius 2 is 2.12 bits per heavy atom. The van der Waals surface area contributed by atoms with E-state index in [-0.39, 0.29) is 11.8 Å². The van der Waals surface area contributed by atoms with E-state index in [2.05, 4.69) is 17.2 Å². The predicted molar refractivity (Wildman–Crippen MR) is 107 cm³/mol. The van der Waals surface area contributed by atoms with Crippen LogP contribution in [0.1, 0.15) is 45.2 Å². The molecule has 142 valence electrons. The Labute approximate surface area is 162 Å². The van der Waals surface area contributed by atoms with Crippen molar-refractivity contribution in [2.24, 2.45) is 5.92 Å². The molecule has 0 aliphatic heterocycles. The summed E-state index contributed by atoms with van der Waals surface area (Å²) in [5, 5.41) is 6.43. The van der Waals surface area contributed by atoms with Gasteiger partial charge < -0.3 is 5.32 Å². The van der Waals surface area contributed by atoms with Gasteiger partial charge in [0.1, 0.15) is 10.3 Å². The zero-order valence-electron chi connectivity index (χ0n) is 15.0. The smallest absolute Gasteiger partial charge is 0.238 e. The van der Waals surface area contributed by atoms with Crippen LogP contribution in [0.25, 0.3) is 9.88 Å². The highest BCUT2D eigenvalue weighted by atomic mass is 32.2.